The maximum atomic E-state index is 12.4. The molecule has 0 saturated carbocycles. The first-order chi connectivity index (χ1) is 13.0. The Balaban J connectivity index is 2.07. The van der Waals surface area contributed by atoms with Gasteiger partial charge in [-0.25, -0.2) is 4.79 Å². The number of benzene rings is 2. The van der Waals surface area contributed by atoms with Crippen LogP contribution in [-0.4, -0.2) is 30.3 Å². The molecule has 0 radical (unpaired) electrons. The summed E-state index contributed by atoms with van der Waals surface area (Å²) < 4.78 is 11.0. The van der Waals surface area contributed by atoms with Crippen LogP contribution in [0.15, 0.2) is 42.5 Å². The number of anilines is 2. The molecule has 2 aromatic carbocycles. The van der Waals surface area contributed by atoms with Crippen LogP contribution in [-0.2, 0) is 11.2 Å². The Hall–Kier alpha value is -3.22. The molecule has 0 aliphatic rings. The van der Waals surface area contributed by atoms with E-state index in [2.05, 4.69) is 10.6 Å². The molecule has 0 aromatic heterocycles. The van der Waals surface area contributed by atoms with Gasteiger partial charge in [-0.15, -0.1) is 0 Å². The molecule has 27 heavy (non-hydrogen) atoms. The van der Waals surface area contributed by atoms with Crippen molar-refractivity contribution in [3.05, 3.63) is 48.0 Å². The Labute approximate surface area is 158 Å². The molecule has 0 saturated heterocycles. The molecule has 2 amide bonds. The summed E-state index contributed by atoms with van der Waals surface area (Å²) in [6.07, 6.45) is 0.439. The third-order valence-electron chi connectivity index (χ3n) is 3.62. The lowest BCUT2D eigenvalue weighted by Crippen LogP contribution is -2.20. The molecule has 7 nitrogen and oxygen atoms in total. The quantitative estimate of drug-likeness (QED) is 0.614. The van der Waals surface area contributed by atoms with Gasteiger partial charge in [0.05, 0.1) is 18.9 Å². The molecule has 144 valence electrons. The normalized spacial score (nSPS) is 10.1. The van der Waals surface area contributed by atoms with Crippen LogP contribution in [0, 0.1) is 0 Å². The van der Waals surface area contributed by atoms with E-state index >= 15 is 0 Å². The van der Waals surface area contributed by atoms with E-state index in [-0.39, 0.29) is 6.42 Å². The summed E-state index contributed by atoms with van der Waals surface area (Å²) in [5.74, 6) is 0.321. The molecule has 0 spiro atoms. The number of carbonyl (C=O) groups excluding carboxylic acids is 1. The van der Waals surface area contributed by atoms with E-state index in [0.29, 0.717) is 42.5 Å². The number of ether oxygens (including phenoxy) is 2. The number of nitrogens with one attached hydrogen (secondary N) is 2. The van der Waals surface area contributed by atoms with Crippen molar-refractivity contribution in [1.82, 2.24) is 0 Å². The van der Waals surface area contributed by atoms with E-state index in [9.17, 15) is 9.59 Å². The molecule has 0 aliphatic carbocycles. The number of aryl methyl sites for hydroxylation is 1. The lowest BCUT2D eigenvalue weighted by molar-refractivity contribution is -0.136. The minimum Gasteiger partial charge on any atom is -0.494 e. The zero-order valence-corrected chi connectivity index (χ0v) is 15.5. The smallest absolute Gasteiger partial charge is 0.323 e. The van der Waals surface area contributed by atoms with Gasteiger partial charge in [0.1, 0.15) is 11.5 Å². The molecule has 0 fully saturated rings. The van der Waals surface area contributed by atoms with Gasteiger partial charge in [-0.2, -0.15) is 0 Å². The number of carbonyl (C=O) groups is 2. The molecule has 0 heterocycles. The zero-order chi connectivity index (χ0) is 19.6. The fourth-order valence-corrected chi connectivity index (χ4v) is 2.49. The number of amides is 2. The van der Waals surface area contributed by atoms with E-state index in [1.165, 1.54) is 0 Å². The van der Waals surface area contributed by atoms with Gasteiger partial charge in [-0.1, -0.05) is 12.1 Å². The number of carboxylic acid groups (broad SMARTS) is 1. The Morgan fingerprint density at radius 1 is 1.00 bits per heavy atom. The highest BCUT2D eigenvalue weighted by Crippen LogP contribution is 2.29. The Morgan fingerprint density at radius 3 is 2.48 bits per heavy atom. The van der Waals surface area contributed by atoms with Gasteiger partial charge in [-0.05, 0) is 50.1 Å². The molecule has 3 N–H and O–H groups in total. The third kappa shape index (κ3) is 6.54. The molecule has 7 heteroatoms. The topological polar surface area (TPSA) is 96.9 Å². The van der Waals surface area contributed by atoms with E-state index in [1.807, 2.05) is 19.9 Å². The Kier molecular flexibility index (Phi) is 7.49. The minimum absolute atomic E-state index is 0.0393. The summed E-state index contributed by atoms with van der Waals surface area (Å²) in [5, 5.41) is 14.3. The predicted molar refractivity (Wildman–Crippen MR) is 104 cm³/mol. The van der Waals surface area contributed by atoms with Crippen molar-refractivity contribution < 1.29 is 24.2 Å². The number of urea groups is 1. The molecule has 2 rings (SSSR count). The largest absolute Gasteiger partial charge is 0.494 e. The monoisotopic (exact) mass is 372 g/mol. The average molecular weight is 372 g/mol. The van der Waals surface area contributed by atoms with Crippen LogP contribution >= 0.6 is 0 Å². The van der Waals surface area contributed by atoms with E-state index in [4.69, 9.17) is 14.6 Å². The summed E-state index contributed by atoms with van der Waals surface area (Å²) >= 11 is 0. The molecule has 0 bridgehead atoms. The highest BCUT2D eigenvalue weighted by atomic mass is 16.5. The van der Waals surface area contributed by atoms with Gasteiger partial charge in [-0.3, -0.25) is 4.79 Å². The maximum Gasteiger partial charge on any atom is 0.323 e. The van der Waals surface area contributed by atoms with Crippen LogP contribution in [0.2, 0.25) is 0 Å². The maximum absolute atomic E-state index is 12.4. The lowest BCUT2D eigenvalue weighted by atomic mass is 10.1. The fourth-order valence-electron chi connectivity index (χ4n) is 2.49. The second-order valence-electron chi connectivity index (χ2n) is 5.70. The SMILES string of the molecule is CCOc1ccc(OCC)c(NC(=O)Nc2cccc(CCC(=O)O)c2)c1. The number of carboxylic acids is 1. The number of aliphatic carboxylic acids is 1. The predicted octanol–water partition coefficient (Wildman–Crippen LogP) is 4.15. The van der Waals surface area contributed by atoms with Crippen LogP contribution in [0.5, 0.6) is 11.5 Å². The van der Waals surface area contributed by atoms with Crippen molar-refractivity contribution in [3.63, 3.8) is 0 Å². The molecule has 0 aliphatic heterocycles. The van der Waals surface area contributed by atoms with Crippen LogP contribution in [0.4, 0.5) is 16.2 Å². The summed E-state index contributed by atoms with van der Waals surface area (Å²) in [4.78, 5) is 23.1. The first-order valence-electron chi connectivity index (χ1n) is 8.80. The fraction of sp³-hybridized carbons (Fsp3) is 0.300. The summed E-state index contributed by atoms with van der Waals surface area (Å²) in [6, 6.07) is 11.9. The zero-order valence-electron chi connectivity index (χ0n) is 15.5. The molecular weight excluding hydrogens is 348 g/mol. The first kappa shape index (κ1) is 20.1. The standard InChI is InChI=1S/C20H24N2O5/c1-3-26-16-9-10-18(27-4-2)17(13-16)22-20(25)21-15-7-5-6-14(12-15)8-11-19(23)24/h5-7,9-10,12-13H,3-4,8,11H2,1-2H3,(H,23,24)(H2,21,22,25). The van der Waals surface area contributed by atoms with Gasteiger partial charge in [0.25, 0.3) is 0 Å². The van der Waals surface area contributed by atoms with Gasteiger partial charge >= 0.3 is 12.0 Å². The van der Waals surface area contributed by atoms with Crippen molar-refractivity contribution in [2.24, 2.45) is 0 Å². The molecule has 0 atom stereocenters. The third-order valence-corrected chi connectivity index (χ3v) is 3.62. The van der Waals surface area contributed by atoms with Crippen LogP contribution in [0.25, 0.3) is 0 Å². The molecular formula is C20H24N2O5. The van der Waals surface area contributed by atoms with Crippen molar-refractivity contribution >= 4 is 23.4 Å². The average Bonchev–Trinajstić information content (AvgIpc) is 2.63. The number of hydrogen-bond acceptors (Lipinski definition) is 4. The van der Waals surface area contributed by atoms with Crippen molar-refractivity contribution in [2.75, 3.05) is 23.8 Å². The van der Waals surface area contributed by atoms with E-state index in [0.717, 1.165) is 5.56 Å². The van der Waals surface area contributed by atoms with Gasteiger partial charge < -0.3 is 25.2 Å². The van der Waals surface area contributed by atoms with Crippen LogP contribution < -0.4 is 20.1 Å². The van der Waals surface area contributed by atoms with Crippen molar-refractivity contribution in [3.8, 4) is 11.5 Å². The van der Waals surface area contributed by atoms with Crippen LogP contribution in [0.3, 0.4) is 0 Å². The highest BCUT2D eigenvalue weighted by Gasteiger charge is 2.10. The number of hydrogen-bond donors (Lipinski definition) is 3. The summed E-state index contributed by atoms with van der Waals surface area (Å²) in [7, 11) is 0. The molecule has 0 unspecified atom stereocenters. The van der Waals surface area contributed by atoms with E-state index in [1.54, 1.807) is 36.4 Å². The highest BCUT2D eigenvalue weighted by molar-refractivity contribution is 6.00. The summed E-state index contributed by atoms with van der Waals surface area (Å²) in [5.41, 5.74) is 1.92. The number of rotatable bonds is 9. The summed E-state index contributed by atoms with van der Waals surface area (Å²) in [6.45, 7) is 4.73. The van der Waals surface area contributed by atoms with Crippen molar-refractivity contribution in [1.29, 1.82) is 0 Å². The molecule has 2 aromatic rings. The second-order valence-corrected chi connectivity index (χ2v) is 5.70. The van der Waals surface area contributed by atoms with E-state index < -0.39 is 12.0 Å². The lowest BCUT2D eigenvalue weighted by Gasteiger charge is -2.14. The van der Waals surface area contributed by atoms with Gasteiger partial charge in [0.2, 0.25) is 0 Å². The second kappa shape index (κ2) is 10.1. The van der Waals surface area contributed by atoms with Crippen LogP contribution in [0.1, 0.15) is 25.8 Å². The van der Waals surface area contributed by atoms with Crippen molar-refractivity contribution in [2.45, 2.75) is 26.7 Å². The van der Waals surface area contributed by atoms with Gasteiger partial charge in [0, 0.05) is 18.2 Å². The Morgan fingerprint density at radius 2 is 1.78 bits per heavy atom. The van der Waals surface area contributed by atoms with Gasteiger partial charge in [0.15, 0.2) is 0 Å². The Bertz CT molecular complexity index is 792. The minimum atomic E-state index is -0.858. The first-order valence-corrected chi connectivity index (χ1v) is 8.80.